The highest BCUT2D eigenvalue weighted by Crippen LogP contribution is 2.63. The number of benzene rings is 8. The maximum absolute atomic E-state index is 10.9. The number of hydrogen-bond donors (Lipinski definition) is 0. The van der Waals surface area contributed by atoms with Crippen LogP contribution in [0.3, 0.4) is 0 Å². The van der Waals surface area contributed by atoms with Crippen LogP contribution >= 0.6 is 0 Å². The number of nitrogens with zero attached hydrogens (tertiary/aromatic N) is 5. The summed E-state index contributed by atoms with van der Waals surface area (Å²) in [6.45, 7) is 0. The van der Waals surface area contributed by atoms with E-state index in [-0.39, 0.29) is 0 Å². The molecule has 0 saturated heterocycles. The molecular formula is C53H31N5O. The van der Waals surface area contributed by atoms with E-state index in [0.717, 1.165) is 66.8 Å². The molecule has 0 N–H and O–H groups in total. The zero-order valence-electron chi connectivity index (χ0n) is 31.5. The second kappa shape index (κ2) is 12.7. The Hall–Kier alpha value is -8.14. The van der Waals surface area contributed by atoms with Gasteiger partial charge in [0.15, 0.2) is 17.5 Å². The number of rotatable bonds is 4. The Kier molecular flexibility index (Phi) is 7.11. The van der Waals surface area contributed by atoms with Crippen molar-refractivity contribution in [3.8, 4) is 68.5 Å². The molecule has 1 aliphatic carbocycles. The van der Waals surface area contributed by atoms with Crippen molar-refractivity contribution in [1.82, 2.24) is 19.5 Å². The van der Waals surface area contributed by atoms with Gasteiger partial charge in [0.2, 0.25) is 0 Å². The third kappa shape index (κ3) is 4.70. The van der Waals surface area contributed by atoms with Gasteiger partial charge in [-0.1, -0.05) is 146 Å². The molecule has 1 spiro atoms. The van der Waals surface area contributed by atoms with Gasteiger partial charge in [-0.3, -0.25) is 0 Å². The monoisotopic (exact) mass is 753 g/mol. The summed E-state index contributed by atoms with van der Waals surface area (Å²) in [5.74, 6) is 3.36. The van der Waals surface area contributed by atoms with E-state index in [4.69, 9.17) is 19.7 Å². The lowest BCUT2D eigenvalue weighted by atomic mass is 9.66. The van der Waals surface area contributed by atoms with Crippen molar-refractivity contribution in [2.24, 2.45) is 0 Å². The summed E-state index contributed by atoms with van der Waals surface area (Å²) in [5.41, 5.74) is 12.3. The standard InChI is InChI=1S/C53H31N5O/c54-32-36-31-35(52-56-50(33-15-3-1-4-16-33)55-51(57-52)34-17-5-2-6-18-34)27-29-43(36)58-44-24-12-8-20-38(44)49-45(58)30-28-42-48(49)37-19-7-9-21-39(37)53(42)40-22-10-13-25-46(40)59-47-26-14-11-23-41(47)53/h1-31H. The van der Waals surface area contributed by atoms with E-state index in [2.05, 4.69) is 108 Å². The van der Waals surface area contributed by atoms with Gasteiger partial charge in [0.25, 0.3) is 0 Å². The molecule has 2 aliphatic rings. The summed E-state index contributed by atoms with van der Waals surface area (Å²) in [6, 6.07) is 67.1. The minimum Gasteiger partial charge on any atom is -0.457 e. The van der Waals surface area contributed by atoms with Crippen LogP contribution < -0.4 is 4.74 Å². The van der Waals surface area contributed by atoms with E-state index in [1.807, 2.05) is 91.0 Å². The molecule has 2 aromatic heterocycles. The van der Waals surface area contributed by atoms with E-state index >= 15 is 0 Å². The molecule has 6 nitrogen and oxygen atoms in total. The fourth-order valence-electron chi connectivity index (χ4n) is 9.56. The van der Waals surface area contributed by atoms with Crippen molar-refractivity contribution in [3.63, 3.8) is 0 Å². The molecule has 10 aromatic rings. The first-order valence-electron chi connectivity index (χ1n) is 19.7. The van der Waals surface area contributed by atoms with Crippen molar-refractivity contribution in [3.05, 3.63) is 216 Å². The summed E-state index contributed by atoms with van der Waals surface area (Å²) >= 11 is 0. The van der Waals surface area contributed by atoms with Crippen molar-refractivity contribution >= 4 is 21.8 Å². The predicted molar refractivity (Wildman–Crippen MR) is 233 cm³/mol. The van der Waals surface area contributed by atoms with Gasteiger partial charge in [0.1, 0.15) is 17.6 Å². The fraction of sp³-hybridized carbons (Fsp3) is 0.0189. The Labute approximate surface area is 339 Å². The zero-order valence-corrected chi connectivity index (χ0v) is 31.5. The first kappa shape index (κ1) is 33.0. The molecule has 0 saturated carbocycles. The molecule has 8 aromatic carbocycles. The van der Waals surface area contributed by atoms with E-state index in [0.29, 0.717) is 23.0 Å². The molecule has 274 valence electrons. The fourth-order valence-corrected chi connectivity index (χ4v) is 9.56. The van der Waals surface area contributed by atoms with Gasteiger partial charge in [-0.15, -0.1) is 0 Å². The van der Waals surface area contributed by atoms with Gasteiger partial charge in [0, 0.05) is 38.6 Å². The predicted octanol–water partition coefficient (Wildman–Crippen LogP) is 12.3. The second-order valence-corrected chi connectivity index (χ2v) is 15.0. The summed E-state index contributed by atoms with van der Waals surface area (Å²) < 4.78 is 8.83. The number of fused-ring (bicyclic) bond motifs is 13. The Morgan fingerprint density at radius 1 is 0.475 bits per heavy atom. The number of para-hydroxylation sites is 3. The number of aromatic nitrogens is 4. The van der Waals surface area contributed by atoms with E-state index in [9.17, 15) is 5.26 Å². The lowest BCUT2D eigenvalue weighted by molar-refractivity contribution is 0.436. The Morgan fingerprint density at radius 2 is 1.03 bits per heavy atom. The van der Waals surface area contributed by atoms with Crippen LogP contribution in [0.15, 0.2) is 188 Å². The third-order valence-corrected chi connectivity index (χ3v) is 12.0. The molecule has 0 radical (unpaired) electrons. The van der Waals surface area contributed by atoms with E-state index in [1.54, 1.807) is 0 Å². The van der Waals surface area contributed by atoms with Crippen molar-refractivity contribution in [1.29, 1.82) is 5.26 Å². The molecule has 0 amide bonds. The molecule has 1 aliphatic heterocycles. The molecule has 0 unspecified atom stereocenters. The zero-order chi connectivity index (χ0) is 39.1. The van der Waals surface area contributed by atoms with Gasteiger partial charge in [0.05, 0.1) is 27.7 Å². The SMILES string of the molecule is N#Cc1cc(-c2nc(-c3ccccc3)nc(-c3ccccc3)n2)ccc1-n1c2ccccc2c2c3c(ccc21)C1(c2ccccc2Oc2ccccc21)c1ccccc1-3. The number of nitriles is 1. The Morgan fingerprint density at radius 3 is 1.69 bits per heavy atom. The summed E-state index contributed by atoms with van der Waals surface area (Å²) in [4.78, 5) is 14.8. The molecular weight excluding hydrogens is 723 g/mol. The molecule has 0 bridgehead atoms. The molecule has 6 heteroatoms. The number of hydrogen-bond acceptors (Lipinski definition) is 5. The van der Waals surface area contributed by atoms with Crippen LogP contribution in [0, 0.1) is 11.3 Å². The van der Waals surface area contributed by atoms with Gasteiger partial charge in [-0.05, 0) is 64.7 Å². The van der Waals surface area contributed by atoms with Crippen LogP contribution in [-0.4, -0.2) is 19.5 Å². The van der Waals surface area contributed by atoms with Gasteiger partial charge >= 0.3 is 0 Å². The average molecular weight is 754 g/mol. The first-order valence-corrected chi connectivity index (χ1v) is 19.7. The topological polar surface area (TPSA) is 76.6 Å². The minimum absolute atomic E-state index is 0.500. The number of ether oxygens (including phenoxy) is 1. The molecule has 59 heavy (non-hydrogen) atoms. The largest absolute Gasteiger partial charge is 0.457 e. The van der Waals surface area contributed by atoms with E-state index in [1.165, 1.54) is 22.3 Å². The molecule has 3 heterocycles. The van der Waals surface area contributed by atoms with Crippen LogP contribution in [0.4, 0.5) is 0 Å². The van der Waals surface area contributed by atoms with Crippen LogP contribution in [0.25, 0.3) is 72.8 Å². The Bertz CT molecular complexity index is 3280. The van der Waals surface area contributed by atoms with Gasteiger partial charge < -0.3 is 9.30 Å². The van der Waals surface area contributed by atoms with Crippen molar-refractivity contribution in [2.45, 2.75) is 5.41 Å². The summed E-state index contributed by atoms with van der Waals surface area (Å²) in [6.07, 6.45) is 0. The van der Waals surface area contributed by atoms with Gasteiger partial charge in [-0.2, -0.15) is 5.26 Å². The van der Waals surface area contributed by atoms with Crippen LogP contribution in [0.2, 0.25) is 0 Å². The molecule has 0 fully saturated rings. The quantitative estimate of drug-likeness (QED) is 0.179. The van der Waals surface area contributed by atoms with Crippen LogP contribution in [0.1, 0.15) is 27.8 Å². The maximum Gasteiger partial charge on any atom is 0.164 e. The third-order valence-electron chi connectivity index (χ3n) is 12.0. The second-order valence-electron chi connectivity index (χ2n) is 15.0. The van der Waals surface area contributed by atoms with Crippen LogP contribution in [-0.2, 0) is 5.41 Å². The highest BCUT2D eigenvalue weighted by atomic mass is 16.5. The van der Waals surface area contributed by atoms with Crippen molar-refractivity contribution < 1.29 is 4.74 Å². The normalized spacial score (nSPS) is 13.0. The lowest BCUT2D eigenvalue weighted by Crippen LogP contribution is -2.32. The lowest BCUT2D eigenvalue weighted by Gasteiger charge is -2.39. The maximum atomic E-state index is 10.9. The Balaban J connectivity index is 1.10. The first-order chi connectivity index (χ1) is 29.2. The highest BCUT2D eigenvalue weighted by molar-refractivity contribution is 6.18. The average Bonchev–Trinajstić information content (AvgIpc) is 3.80. The van der Waals surface area contributed by atoms with Crippen LogP contribution in [0.5, 0.6) is 11.5 Å². The molecule has 12 rings (SSSR count). The smallest absolute Gasteiger partial charge is 0.164 e. The minimum atomic E-state index is -0.587. The van der Waals surface area contributed by atoms with Crippen molar-refractivity contribution in [2.75, 3.05) is 0 Å². The highest BCUT2D eigenvalue weighted by Gasteiger charge is 2.51. The van der Waals surface area contributed by atoms with Gasteiger partial charge in [-0.25, -0.2) is 15.0 Å². The van der Waals surface area contributed by atoms with E-state index < -0.39 is 5.41 Å². The summed E-state index contributed by atoms with van der Waals surface area (Å²) in [5, 5.41) is 13.2. The summed E-state index contributed by atoms with van der Waals surface area (Å²) in [7, 11) is 0. The molecule has 0 atom stereocenters.